The molecule has 0 bridgehead atoms. The van der Waals surface area contributed by atoms with Crippen molar-refractivity contribution in [2.45, 2.75) is 44.6 Å². The number of likely N-dealkylation sites (N-methyl/N-ethyl adjacent to an activating group) is 1. The van der Waals surface area contributed by atoms with E-state index in [1.165, 1.54) is 6.07 Å². The van der Waals surface area contributed by atoms with Gasteiger partial charge in [-0.3, -0.25) is 4.79 Å². The van der Waals surface area contributed by atoms with E-state index in [1.54, 1.807) is 22.9 Å². The van der Waals surface area contributed by atoms with Crippen LogP contribution in [0, 0.1) is 5.82 Å². The summed E-state index contributed by atoms with van der Waals surface area (Å²) in [7, 11) is 4.09. The number of likely N-dealkylation sites (tertiary alicyclic amines) is 1. The molecule has 1 fully saturated rings. The lowest BCUT2D eigenvalue weighted by molar-refractivity contribution is 0.0567. The van der Waals surface area contributed by atoms with Gasteiger partial charge >= 0.3 is 0 Å². The van der Waals surface area contributed by atoms with Gasteiger partial charge in [0.1, 0.15) is 11.5 Å². The van der Waals surface area contributed by atoms with Gasteiger partial charge in [0.15, 0.2) is 5.69 Å². The predicted octanol–water partition coefficient (Wildman–Crippen LogP) is 3.06. The molecule has 4 rings (SSSR count). The fraction of sp³-hybridized carbons (Fsp3) is 0.524. The number of carbonyl (C=O) groups is 1. The van der Waals surface area contributed by atoms with Crippen LogP contribution in [0.15, 0.2) is 24.3 Å². The number of para-hydroxylation sites is 1. The molecule has 1 atom stereocenters. The first-order valence-electron chi connectivity index (χ1n) is 9.87. The second-order valence-corrected chi connectivity index (χ2v) is 7.90. The third-order valence-electron chi connectivity index (χ3n) is 5.68. The number of benzene rings is 1. The fourth-order valence-corrected chi connectivity index (χ4v) is 4.45. The van der Waals surface area contributed by atoms with Gasteiger partial charge in [0.25, 0.3) is 5.91 Å². The minimum atomic E-state index is -0.308. The quantitative estimate of drug-likeness (QED) is 0.831. The van der Waals surface area contributed by atoms with Crippen LogP contribution < -0.4 is 0 Å². The fourth-order valence-electron chi connectivity index (χ4n) is 4.45. The van der Waals surface area contributed by atoms with Gasteiger partial charge in [-0.15, -0.1) is 0 Å². The van der Waals surface area contributed by atoms with Crippen molar-refractivity contribution in [3.63, 3.8) is 0 Å². The minimum absolute atomic E-state index is 0.00906. The van der Waals surface area contributed by atoms with Crippen molar-refractivity contribution >= 4 is 5.91 Å². The van der Waals surface area contributed by atoms with Crippen molar-refractivity contribution in [1.29, 1.82) is 0 Å². The molecular formula is C21H27FN4O. The zero-order valence-corrected chi connectivity index (χ0v) is 16.1. The summed E-state index contributed by atoms with van der Waals surface area (Å²) in [6.07, 6.45) is 5.89. The number of piperidine rings is 1. The molecule has 1 saturated heterocycles. The van der Waals surface area contributed by atoms with E-state index < -0.39 is 0 Å². The highest BCUT2D eigenvalue weighted by molar-refractivity contribution is 5.94. The van der Waals surface area contributed by atoms with Crippen LogP contribution >= 0.6 is 0 Å². The molecule has 0 spiro atoms. The maximum Gasteiger partial charge on any atom is 0.274 e. The summed E-state index contributed by atoms with van der Waals surface area (Å²) in [5.74, 6) is -0.299. The lowest BCUT2D eigenvalue weighted by atomic mass is 10.0. The molecule has 27 heavy (non-hydrogen) atoms. The van der Waals surface area contributed by atoms with Crippen LogP contribution in [0.3, 0.4) is 0 Å². The first kappa shape index (κ1) is 18.2. The molecule has 6 heteroatoms. The van der Waals surface area contributed by atoms with Crippen LogP contribution in [-0.4, -0.2) is 58.7 Å². The Kier molecular flexibility index (Phi) is 5.00. The molecule has 1 amide bonds. The van der Waals surface area contributed by atoms with Gasteiger partial charge < -0.3 is 9.80 Å². The Morgan fingerprint density at radius 1 is 1.22 bits per heavy atom. The van der Waals surface area contributed by atoms with E-state index in [0.717, 1.165) is 62.9 Å². The van der Waals surface area contributed by atoms with E-state index in [0.29, 0.717) is 11.4 Å². The smallest absolute Gasteiger partial charge is 0.274 e. The molecule has 0 radical (unpaired) electrons. The van der Waals surface area contributed by atoms with Crippen molar-refractivity contribution in [2.24, 2.45) is 0 Å². The normalized spacial score (nSPS) is 19.6. The van der Waals surface area contributed by atoms with Crippen LogP contribution in [0.2, 0.25) is 0 Å². The second kappa shape index (κ2) is 7.43. The van der Waals surface area contributed by atoms with Crippen molar-refractivity contribution in [2.75, 3.05) is 27.2 Å². The molecule has 1 aliphatic heterocycles. The summed E-state index contributed by atoms with van der Waals surface area (Å²) in [4.78, 5) is 17.6. The van der Waals surface area contributed by atoms with Gasteiger partial charge in [-0.25, -0.2) is 9.07 Å². The lowest BCUT2D eigenvalue weighted by Gasteiger charge is -2.37. The van der Waals surface area contributed by atoms with Gasteiger partial charge in [0, 0.05) is 30.4 Å². The molecule has 2 heterocycles. The number of aromatic nitrogens is 2. The number of nitrogens with zero attached hydrogens (tertiary/aromatic N) is 4. The van der Waals surface area contributed by atoms with Crippen LogP contribution in [0.25, 0.3) is 5.69 Å². The monoisotopic (exact) mass is 370 g/mol. The summed E-state index contributed by atoms with van der Waals surface area (Å²) < 4.78 is 16.0. The first-order chi connectivity index (χ1) is 13.1. The number of carbonyl (C=O) groups excluding carboxylic acids is 1. The average molecular weight is 370 g/mol. The topological polar surface area (TPSA) is 41.4 Å². The summed E-state index contributed by atoms with van der Waals surface area (Å²) in [6.45, 7) is 1.64. The molecule has 144 valence electrons. The summed E-state index contributed by atoms with van der Waals surface area (Å²) in [5.41, 5.74) is 2.96. The Labute approximate surface area is 159 Å². The first-order valence-corrected chi connectivity index (χ1v) is 9.87. The number of fused-ring (bicyclic) bond motifs is 1. The summed E-state index contributed by atoms with van der Waals surface area (Å²) in [5, 5.41) is 4.62. The van der Waals surface area contributed by atoms with Crippen LogP contribution in [-0.2, 0) is 12.8 Å². The third-order valence-corrected chi connectivity index (χ3v) is 5.68. The number of amides is 1. The SMILES string of the molecule is CN(C)CC1CCCCN1C(=O)c1nn(-c2ccccc2F)c2c1CCC2. The van der Waals surface area contributed by atoms with Crippen LogP contribution in [0.5, 0.6) is 0 Å². The highest BCUT2D eigenvalue weighted by Gasteiger charge is 2.34. The second-order valence-electron chi connectivity index (χ2n) is 7.90. The number of hydrogen-bond acceptors (Lipinski definition) is 3. The Balaban J connectivity index is 1.71. The van der Waals surface area contributed by atoms with E-state index in [9.17, 15) is 9.18 Å². The van der Waals surface area contributed by atoms with Gasteiger partial charge in [0.2, 0.25) is 0 Å². The Hall–Kier alpha value is -2.21. The molecule has 0 N–H and O–H groups in total. The van der Waals surface area contributed by atoms with Crippen molar-refractivity contribution in [1.82, 2.24) is 19.6 Å². The van der Waals surface area contributed by atoms with E-state index in [4.69, 9.17) is 0 Å². The molecular weight excluding hydrogens is 343 g/mol. The molecule has 0 saturated carbocycles. The Morgan fingerprint density at radius 2 is 2.04 bits per heavy atom. The number of rotatable bonds is 4. The van der Waals surface area contributed by atoms with Crippen molar-refractivity contribution in [3.05, 3.63) is 47.0 Å². The molecule has 1 aromatic heterocycles. The van der Waals surface area contributed by atoms with Gasteiger partial charge in [-0.2, -0.15) is 5.10 Å². The summed E-state index contributed by atoms with van der Waals surface area (Å²) >= 11 is 0. The molecule has 5 nitrogen and oxygen atoms in total. The van der Waals surface area contributed by atoms with E-state index in [1.807, 2.05) is 19.0 Å². The van der Waals surface area contributed by atoms with Crippen LogP contribution in [0.4, 0.5) is 4.39 Å². The minimum Gasteiger partial charge on any atom is -0.333 e. The zero-order valence-electron chi connectivity index (χ0n) is 16.1. The maximum atomic E-state index is 14.4. The number of halogens is 1. The Morgan fingerprint density at radius 3 is 2.81 bits per heavy atom. The molecule has 2 aliphatic rings. The number of hydrogen-bond donors (Lipinski definition) is 0. The summed E-state index contributed by atoms with van der Waals surface area (Å²) in [6, 6.07) is 6.87. The standard InChI is InChI=1S/C21H27FN4O/c1-24(2)14-15-8-5-6-13-25(15)21(27)20-16-9-7-12-18(16)26(23-20)19-11-4-3-10-17(19)22/h3-4,10-11,15H,5-9,12-14H2,1-2H3. The molecule has 1 aliphatic carbocycles. The Bertz CT molecular complexity index is 845. The molecule has 1 aromatic carbocycles. The predicted molar refractivity (Wildman–Crippen MR) is 103 cm³/mol. The zero-order chi connectivity index (χ0) is 19.0. The third kappa shape index (κ3) is 3.38. The highest BCUT2D eigenvalue weighted by atomic mass is 19.1. The van der Waals surface area contributed by atoms with Gasteiger partial charge in [0.05, 0.1) is 0 Å². The van der Waals surface area contributed by atoms with Crippen molar-refractivity contribution < 1.29 is 9.18 Å². The van der Waals surface area contributed by atoms with Crippen molar-refractivity contribution in [3.8, 4) is 5.69 Å². The largest absolute Gasteiger partial charge is 0.333 e. The maximum absolute atomic E-state index is 14.4. The van der Waals surface area contributed by atoms with Gasteiger partial charge in [-0.1, -0.05) is 12.1 Å². The van der Waals surface area contributed by atoms with E-state index in [2.05, 4.69) is 10.00 Å². The highest BCUT2D eigenvalue weighted by Crippen LogP contribution is 2.30. The molecule has 1 unspecified atom stereocenters. The van der Waals surface area contributed by atoms with E-state index in [-0.39, 0.29) is 17.8 Å². The van der Waals surface area contributed by atoms with E-state index >= 15 is 0 Å². The van der Waals surface area contributed by atoms with Gasteiger partial charge in [-0.05, 0) is 64.8 Å². The lowest BCUT2D eigenvalue weighted by Crippen LogP contribution is -2.48. The average Bonchev–Trinajstić information content (AvgIpc) is 3.24. The van der Waals surface area contributed by atoms with Crippen LogP contribution in [0.1, 0.15) is 47.4 Å². The molecule has 2 aromatic rings.